The lowest BCUT2D eigenvalue weighted by atomic mass is 9.98. The molecule has 0 radical (unpaired) electrons. The van der Waals surface area contributed by atoms with Gasteiger partial charge in [-0.15, -0.1) is 0 Å². The molecule has 6 heteroatoms. The first-order valence-electron chi connectivity index (χ1n) is 10.7. The van der Waals surface area contributed by atoms with Gasteiger partial charge in [0.05, 0.1) is 34.0 Å². The van der Waals surface area contributed by atoms with Gasteiger partial charge in [0, 0.05) is 6.08 Å². The van der Waals surface area contributed by atoms with E-state index < -0.39 is 0 Å². The summed E-state index contributed by atoms with van der Waals surface area (Å²) in [7, 11) is 4.66. The maximum atomic E-state index is 12.9. The number of carbonyl (C=O) groups is 1. The number of hydrogen-bond donors (Lipinski definition) is 1. The molecule has 172 valence electrons. The van der Waals surface area contributed by atoms with Gasteiger partial charge < -0.3 is 24.3 Å². The Morgan fingerprint density at radius 1 is 0.879 bits per heavy atom. The molecule has 0 spiro atoms. The van der Waals surface area contributed by atoms with Crippen LogP contribution in [0.1, 0.15) is 29.7 Å². The van der Waals surface area contributed by atoms with Gasteiger partial charge in [-0.1, -0.05) is 42.5 Å². The molecule has 1 N–H and O–H groups in total. The van der Waals surface area contributed by atoms with Crippen LogP contribution in [-0.2, 0) is 4.79 Å². The van der Waals surface area contributed by atoms with E-state index in [1.807, 2.05) is 61.5 Å². The molecule has 0 aliphatic carbocycles. The van der Waals surface area contributed by atoms with Crippen LogP contribution in [0.15, 0.2) is 72.8 Å². The zero-order valence-corrected chi connectivity index (χ0v) is 19.3. The minimum atomic E-state index is -0.307. The Balaban J connectivity index is 1.83. The van der Waals surface area contributed by atoms with Gasteiger partial charge in [-0.3, -0.25) is 4.79 Å². The van der Waals surface area contributed by atoms with E-state index in [1.54, 1.807) is 39.5 Å². The standard InChI is InChI=1S/C27H29NO5/c1-5-33-22-14-12-21(13-15-22)26(20-9-7-6-8-10-20)28-25(29)16-11-19-17-23(30-2)27(32-4)24(18-19)31-3/h6-18,26H,5H2,1-4H3,(H,28,29)/b16-11+. The highest BCUT2D eigenvalue weighted by Gasteiger charge is 2.16. The van der Waals surface area contributed by atoms with Crippen molar-refractivity contribution in [3.63, 3.8) is 0 Å². The fourth-order valence-electron chi connectivity index (χ4n) is 3.49. The van der Waals surface area contributed by atoms with Crippen molar-refractivity contribution in [2.24, 2.45) is 0 Å². The van der Waals surface area contributed by atoms with Gasteiger partial charge in [-0.05, 0) is 54.0 Å². The lowest BCUT2D eigenvalue weighted by molar-refractivity contribution is -0.116. The average Bonchev–Trinajstić information content (AvgIpc) is 2.86. The molecule has 3 aromatic rings. The van der Waals surface area contributed by atoms with Crippen molar-refractivity contribution in [1.29, 1.82) is 0 Å². The van der Waals surface area contributed by atoms with Gasteiger partial charge in [-0.2, -0.15) is 0 Å². The third-order valence-corrected chi connectivity index (χ3v) is 5.06. The fourth-order valence-corrected chi connectivity index (χ4v) is 3.49. The summed E-state index contributed by atoms with van der Waals surface area (Å²) in [6, 6.07) is 20.8. The second kappa shape index (κ2) is 11.6. The minimum absolute atomic E-state index is 0.230. The van der Waals surface area contributed by atoms with Crippen molar-refractivity contribution in [2.45, 2.75) is 13.0 Å². The molecule has 6 nitrogen and oxygen atoms in total. The van der Waals surface area contributed by atoms with Crippen LogP contribution in [0, 0.1) is 0 Å². The Morgan fingerprint density at radius 2 is 1.48 bits per heavy atom. The van der Waals surface area contributed by atoms with Crippen LogP contribution in [0.5, 0.6) is 23.0 Å². The SMILES string of the molecule is CCOc1ccc(C(NC(=O)/C=C/c2cc(OC)c(OC)c(OC)c2)c2ccccc2)cc1. The van der Waals surface area contributed by atoms with E-state index in [9.17, 15) is 4.79 Å². The van der Waals surface area contributed by atoms with E-state index in [2.05, 4.69) is 5.32 Å². The first kappa shape index (κ1) is 23.7. The summed E-state index contributed by atoms with van der Waals surface area (Å²) >= 11 is 0. The van der Waals surface area contributed by atoms with Crippen LogP contribution in [0.25, 0.3) is 6.08 Å². The highest BCUT2D eigenvalue weighted by Crippen LogP contribution is 2.38. The van der Waals surface area contributed by atoms with E-state index in [0.29, 0.717) is 23.9 Å². The van der Waals surface area contributed by atoms with Crippen molar-refractivity contribution in [3.05, 3.63) is 89.5 Å². The largest absolute Gasteiger partial charge is 0.494 e. The maximum Gasteiger partial charge on any atom is 0.244 e. The molecule has 0 saturated heterocycles. The van der Waals surface area contributed by atoms with Crippen molar-refractivity contribution in [1.82, 2.24) is 5.32 Å². The monoisotopic (exact) mass is 447 g/mol. The number of benzene rings is 3. The quantitative estimate of drug-likeness (QED) is 0.442. The molecule has 0 aliphatic rings. The first-order valence-corrected chi connectivity index (χ1v) is 10.7. The smallest absolute Gasteiger partial charge is 0.244 e. The third kappa shape index (κ3) is 6.07. The van der Waals surface area contributed by atoms with E-state index >= 15 is 0 Å². The number of carbonyl (C=O) groups excluding carboxylic acids is 1. The lowest BCUT2D eigenvalue weighted by Crippen LogP contribution is -2.27. The number of rotatable bonds is 10. The summed E-state index contributed by atoms with van der Waals surface area (Å²) in [4.78, 5) is 12.9. The zero-order valence-electron chi connectivity index (χ0n) is 19.3. The van der Waals surface area contributed by atoms with Crippen LogP contribution in [0.2, 0.25) is 0 Å². The molecule has 0 saturated carbocycles. The molecular weight excluding hydrogens is 418 g/mol. The van der Waals surface area contributed by atoms with Gasteiger partial charge in [-0.25, -0.2) is 0 Å². The highest BCUT2D eigenvalue weighted by molar-refractivity contribution is 5.92. The molecule has 1 atom stereocenters. The van der Waals surface area contributed by atoms with Crippen LogP contribution >= 0.6 is 0 Å². The summed E-state index contributed by atoms with van der Waals surface area (Å²) < 4.78 is 21.7. The number of nitrogens with one attached hydrogen (secondary N) is 1. The second-order valence-corrected chi connectivity index (χ2v) is 7.15. The number of methoxy groups -OCH3 is 3. The lowest BCUT2D eigenvalue weighted by Gasteiger charge is -2.19. The maximum absolute atomic E-state index is 12.9. The summed E-state index contributed by atoms with van der Waals surface area (Å²) in [6.45, 7) is 2.55. The summed E-state index contributed by atoms with van der Waals surface area (Å²) in [6.07, 6.45) is 3.20. The normalized spacial score (nSPS) is 11.6. The molecule has 0 heterocycles. The van der Waals surface area contributed by atoms with E-state index in [0.717, 1.165) is 22.4 Å². The van der Waals surface area contributed by atoms with Gasteiger partial charge in [0.15, 0.2) is 11.5 Å². The predicted octanol–water partition coefficient (Wildman–Crippen LogP) is 5.03. The molecule has 0 bridgehead atoms. The number of ether oxygens (including phenoxy) is 4. The third-order valence-electron chi connectivity index (χ3n) is 5.06. The van der Waals surface area contributed by atoms with Crippen LogP contribution < -0.4 is 24.3 Å². The Hall–Kier alpha value is -3.93. The Morgan fingerprint density at radius 3 is 2.03 bits per heavy atom. The van der Waals surface area contributed by atoms with Crippen molar-refractivity contribution in [3.8, 4) is 23.0 Å². The van der Waals surface area contributed by atoms with Crippen molar-refractivity contribution >= 4 is 12.0 Å². The van der Waals surface area contributed by atoms with E-state index in [4.69, 9.17) is 18.9 Å². The zero-order chi connectivity index (χ0) is 23.6. The Bertz CT molecular complexity index is 1050. The predicted molar refractivity (Wildman–Crippen MR) is 129 cm³/mol. The van der Waals surface area contributed by atoms with Gasteiger partial charge >= 0.3 is 0 Å². The molecule has 1 unspecified atom stereocenters. The molecule has 3 aromatic carbocycles. The first-order chi connectivity index (χ1) is 16.1. The summed E-state index contributed by atoms with van der Waals surface area (Å²) in [5.41, 5.74) is 2.69. The Kier molecular flexibility index (Phi) is 8.36. The highest BCUT2D eigenvalue weighted by atomic mass is 16.5. The average molecular weight is 448 g/mol. The summed E-state index contributed by atoms with van der Waals surface area (Å²) in [5.74, 6) is 2.11. The molecule has 33 heavy (non-hydrogen) atoms. The Labute approximate surface area is 194 Å². The van der Waals surface area contributed by atoms with Crippen LogP contribution in [-0.4, -0.2) is 33.8 Å². The van der Waals surface area contributed by atoms with Crippen LogP contribution in [0.4, 0.5) is 0 Å². The fraction of sp³-hybridized carbons (Fsp3) is 0.222. The van der Waals surface area contributed by atoms with Crippen molar-refractivity contribution in [2.75, 3.05) is 27.9 Å². The van der Waals surface area contributed by atoms with E-state index in [-0.39, 0.29) is 11.9 Å². The molecule has 1 amide bonds. The molecule has 3 rings (SSSR count). The molecule has 0 fully saturated rings. The minimum Gasteiger partial charge on any atom is -0.494 e. The van der Waals surface area contributed by atoms with Gasteiger partial charge in [0.1, 0.15) is 5.75 Å². The topological polar surface area (TPSA) is 66.0 Å². The number of amides is 1. The van der Waals surface area contributed by atoms with Crippen molar-refractivity contribution < 1.29 is 23.7 Å². The molecular formula is C27H29NO5. The van der Waals surface area contributed by atoms with Gasteiger partial charge in [0.2, 0.25) is 11.7 Å². The number of hydrogen-bond acceptors (Lipinski definition) is 5. The van der Waals surface area contributed by atoms with Gasteiger partial charge in [0.25, 0.3) is 0 Å². The van der Waals surface area contributed by atoms with Crippen LogP contribution in [0.3, 0.4) is 0 Å². The molecule has 0 aromatic heterocycles. The molecule has 0 aliphatic heterocycles. The second-order valence-electron chi connectivity index (χ2n) is 7.15. The summed E-state index contributed by atoms with van der Waals surface area (Å²) in [5, 5.41) is 3.10. The van der Waals surface area contributed by atoms with E-state index in [1.165, 1.54) is 6.08 Å².